The molecule has 1 amide bonds. The Morgan fingerprint density at radius 3 is 2.48 bits per heavy atom. The van der Waals surface area contributed by atoms with Crippen LogP contribution in [-0.2, 0) is 17.7 Å². The molecular formula is C29H34F2N6O3. The number of amides is 1. The van der Waals surface area contributed by atoms with E-state index in [1.54, 1.807) is 12.1 Å². The number of morpholine rings is 1. The number of likely N-dealkylation sites (tertiary alicyclic amines) is 1. The topological polar surface area (TPSA) is 117 Å². The summed E-state index contributed by atoms with van der Waals surface area (Å²) in [6.07, 6.45) is 2.88. The highest BCUT2D eigenvalue weighted by molar-refractivity contribution is 5.97. The maximum atomic E-state index is 15.2. The maximum absolute atomic E-state index is 15.2. The summed E-state index contributed by atoms with van der Waals surface area (Å²) in [5.74, 6) is -1.80. The molecule has 0 atom stereocenters. The molecule has 5 heterocycles. The largest absolute Gasteiger partial charge is 0.400 e. The van der Waals surface area contributed by atoms with E-state index in [4.69, 9.17) is 20.6 Å². The molecule has 2 aromatic heterocycles. The number of ether oxygens (including phenoxy) is 1. The van der Waals surface area contributed by atoms with E-state index in [-0.39, 0.29) is 28.4 Å². The zero-order valence-electron chi connectivity index (χ0n) is 22.6. The number of nitrogens with zero attached hydrogens (tertiary/aromatic N) is 4. The van der Waals surface area contributed by atoms with Gasteiger partial charge in [-0.15, -0.1) is 0 Å². The minimum atomic E-state index is -0.761. The molecule has 0 bridgehead atoms. The first-order chi connectivity index (χ1) is 19.5. The van der Waals surface area contributed by atoms with E-state index in [2.05, 4.69) is 20.1 Å². The van der Waals surface area contributed by atoms with Crippen LogP contribution in [0.25, 0.3) is 22.4 Å². The molecule has 0 spiro atoms. The molecule has 2 fully saturated rings. The average Bonchev–Trinajstić information content (AvgIpc) is 3.48. The molecule has 0 radical (unpaired) electrons. The molecule has 2 saturated heterocycles. The zero-order valence-corrected chi connectivity index (χ0v) is 22.6. The van der Waals surface area contributed by atoms with Crippen molar-refractivity contribution in [3.05, 3.63) is 58.9 Å². The quantitative estimate of drug-likeness (QED) is 0.414. The van der Waals surface area contributed by atoms with Gasteiger partial charge in [-0.25, -0.2) is 14.4 Å². The Morgan fingerprint density at radius 1 is 0.975 bits per heavy atom. The number of nitrogen functional groups attached to an aromatic ring is 1. The molecule has 40 heavy (non-hydrogen) atoms. The van der Waals surface area contributed by atoms with Gasteiger partial charge in [-0.1, -0.05) is 0 Å². The summed E-state index contributed by atoms with van der Waals surface area (Å²) in [5, 5.41) is 9.72. The summed E-state index contributed by atoms with van der Waals surface area (Å²) in [6, 6.07) is 8.11. The lowest BCUT2D eigenvalue weighted by atomic mass is 9.93. The lowest BCUT2D eigenvalue weighted by molar-refractivity contribution is 0.0945. The minimum absolute atomic E-state index is 0.118. The van der Waals surface area contributed by atoms with Crippen LogP contribution in [-0.4, -0.2) is 78.9 Å². The molecule has 1 aromatic carbocycles. The summed E-state index contributed by atoms with van der Waals surface area (Å²) in [6.45, 7) is 5.99. The SMILES string of the molecule is CO.Nc1nc(F)c(-c2ccc(N3CCOCC3)c(CN3CCCC3)n2)cc1-c1cc2c(cc1F)C(=O)NCC2. The van der Waals surface area contributed by atoms with Crippen molar-refractivity contribution in [2.24, 2.45) is 0 Å². The lowest BCUT2D eigenvalue weighted by Gasteiger charge is -2.31. The third kappa shape index (κ3) is 5.63. The third-order valence-corrected chi connectivity index (χ3v) is 7.56. The van der Waals surface area contributed by atoms with Crippen molar-refractivity contribution in [2.45, 2.75) is 25.8 Å². The van der Waals surface area contributed by atoms with Crippen molar-refractivity contribution in [1.82, 2.24) is 20.2 Å². The van der Waals surface area contributed by atoms with E-state index in [0.717, 1.165) is 63.1 Å². The van der Waals surface area contributed by atoms with Crippen LogP contribution in [0.2, 0.25) is 0 Å². The van der Waals surface area contributed by atoms with Crippen molar-refractivity contribution in [2.75, 3.05) is 63.7 Å². The lowest BCUT2D eigenvalue weighted by Crippen LogP contribution is -2.37. The van der Waals surface area contributed by atoms with Gasteiger partial charge in [0.25, 0.3) is 5.91 Å². The Labute approximate surface area is 232 Å². The first-order valence-electron chi connectivity index (χ1n) is 13.5. The number of carbonyl (C=O) groups excluding carboxylic acids is 1. The number of fused-ring (bicyclic) bond motifs is 1. The third-order valence-electron chi connectivity index (χ3n) is 7.56. The molecule has 212 valence electrons. The summed E-state index contributed by atoms with van der Waals surface area (Å²) < 4.78 is 36.0. The first kappa shape index (κ1) is 27.9. The van der Waals surface area contributed by atoms with Gasteiger partial charge in [-0.05, 0) is 68.2 Å². The number of aliphatic hydroxyl groups excluding tert-OH is 1. The Kier molecular flexibility index (Phi) is 8.53. The number of carbonyl (C=O) groups is 1. The molecule has 4 N–H and O–H groups in total. The van der Waals surface area contributed by atoms with Gasteiger partial charge in [0.05, 0.1) is 35.9 Å². The number of aliphatic hydroxyl groups is 1. The van der Waals surface area contributed by atoms with Crippen LogP contribution in [0.3, 0.4) is 0 Å². The molecule has 9 nitrogen and oxygen atoms in total. The summed E-state index contributed by atoms with van der Waals surface area (Å²) in [7, 11) is 1.00. The van der Waals surface area contributed by atoms with Gasteiger partial charge in [0.15, 0.2) is 0 Å². The van der Waals surface area contributed by atoms with Gasteiger partial charge in [-0.3, -0.25) is 9.69 Å². The van der Waals surface area contributed by atoms with Crippen LogP contribution >= 0.6 is 0 Å². The highest BCUT2D eigenvalue weighted by Crippen LogP contribution is 2.35. The van der Waals surface area contributed by atoms with Crippen molar-refractivity contribution >= 4 is 17.4 Å². The van der Waals surface area contributed by atoms with Gasteiger partial charge in [-0.2, -0.15) is 4.39 Å². The molecule has 0 unspecified atom stereocenters. The fourth-order valence-electron chi connectivity index (χ4n) is 5.55. The summed E-state index contributed by atoms with van der Waals surface area (Å²) in [5.41, 5.74) is 10.0. The van der Waals surface area contributed by atoms with E-state index in [1.165, 1.54) is 12.1 Å². The van der Waals surface area contributed by atoms with Crippen LogP contribution in [0.4, 0.5) is 20.3 Å². The smallest absolute Gasteiger partial charge is 0.251 e. The predicted molar refractivity (Wildman–Crippen MR) is 149 cm³/mol. The normalized spacial score (nSPS) is 17.2. The molecule has 0 saturated carbocycles. The van der Waals surface area contributed by atoms with Crippen LogP contribution in [0.15, 0.2) is 30.3 Å². The molecule has 3 aliphatic rings. The van der Waals surface area contributed by atoms with Crippen molar-refractivity contribution in [3.63, 3.8) is 0 Å². The zero-order chi connectivity index (χ0) is 28.2. The standard InChI is InChI=1S/C28H30F2N6O2.CH4O/c29-22-15-18-17(5-6-32-28(18)37)13-19(22)20-14-21(26(30)34-27(20)31)23-3-4-25(36-9-11-38-12-10-36)24(33-23)16-35-7-1-2-8-35;1-2/h3-4,13-15H,1-2,5-12,16H2,(H2,31,34)(H,32,37);2H,1H3. The van der Waals surface area contributed by atoms with Gasteiger partial charge >= 0.3 is 0 Å². The number of benzene rings is 1. The first-order valence-corrected chi connectivity index (χ1v) is 13.5. The molecule has 3 aliphatic heterocycles. The number of rotatable bonds is 5. The van der Waals surface area contributed by atoms with Crippen molar-refractivity contribution in [1.29, 1.82) is 0 Å². The van der Waals surface area contributed by atoms with Crippen molar-refractivity contribution < 1.29 is 23.4 Å². The van der Waals surface area contributed by atoms with E-state index in [1.807, 2.05) is 6.07 Å². The number of nitrogens with two attached hydrogens (primary N) is 1. The molecule has 0 aliphatic carbocycles. The van der Waals surface area contributed by atoms with Gasteiger partial charge in [0.2, 0.25) is 5.95 Å². The Balaban J connectivity index is 0.00000158. The Morgan fingerprint density at radius 2 is 1.73 bits per heavy atom. The number of hydrogen-bond donors (Lipinski definition) is 3. The van der Waals surface area contributed by atoms with Crippen LogP contribution in [0, 0.1) is 11.8 Å². The number of aromatic nitrogens is 2. The van der Waals surface area contributed by atoms with Crippen LogP contribution in [0.5, 0.6) is 0 Å². The second-order valence-corrected chi connectivity index (χ2v) is 10.00. The molecular weight excluding hydrogens is 518 g/mol. The van der Waals surface area contributed by atoms with Crippen LogP contribution in [0.1, 0.15) is 34.5 Å². The van der Waals surface area contributed by atoms with Crippen molar-refractivity contribution in [3.8, 4) is 22.4 Å². The second-order valence-electron chi connectivity index (χ2n) is 10.00. The number of pyridine rings is 2. The Hall–Kier alpha value is -3.67. The fraction of sp³-hybridized carbons (Fsp3) is 0.414. The average molecular weight is 553 g/mol. The van der Waals surface area contributed by atoms with Gasteiger partial charge < -0.3 is 25.8 Å². The second kappa shape index (κ2) is 12.2. The van der Waals surface area contributed by atoms with Crippen LogP contribution < -0.4 is 16.0 Å². The number of nitrogens with one attached hydrogen (secondary N) is 1. The highest BCUT2D eigenvalue weighted by atomic mass is 19.1. The van der Waals surface area contributed by atoms with E-state index in [9.17, 15) is 4.79 Å². The molecule has 3 aromatic rings. The fourth-order valence-corrected chi connectivity index (χ4v) is 5.55. The van der Waals surface area contributed by atoms with E-state index < -0.39 is 11.8 Å². The van der Waals surface area contributed by atoms with Gasteiger partial charge in [0.1, 0.15) is 11.6 Å². The number of anilines is 2. The minimum Gasteiger partial charge on any atom is -0.400 e. The van der Waals surface area contributed by atoms with E-state index in [0.29, 0.717) is 44.0 Å². The number of hydrogen-bond acceptors (Lipinski definition) is 8. The summed E-state index contributed by atoms with van der Waals surface area (Å²) >= 11 is 0. The highest BCUT2D eigenvalue weighted by Gasteiger charge is 2.24. The number of halogens is 2. The molecule has 11 heteroatoms. The monoisotopic (exact) mass is 552 g/mol. The van der Waals surface area contributed by atoms with E-state index >= 15 is 8.78 Å². The maximum Gasteiger partial charge on any atom is 0.251 e. The predicted octanol–water partition coefficient (Wildman–Crippen LogP) is 3.00. The van der Waals surface area contributed by atoms with Gasteiger partial charge in [0, 0.05) is 50.0 Å². The molecule has 6 rings (SSSR count). The Bertz CT molecular complexity index is 1390. The summed E-state index contributed by atoms with van der Waals surface area (Å²) in [4.78, 5) is 25.6.